The molecule has 0 saturated heterocycles. The monoisotopic (exact) mass is 431 g/mol. The molecule has 3 aromatic carbocycles. The molecule has 0 spiro atoms. The summed E-state index contributed by atoms with van der Waals surface area (Å²) in [5.41, 5.74) is 2.83. The van der Waals surface area contributed by atoms with Crippen LogP contribution in [-0.4, -0.2) is 28.3 Å². The lowest BCUT2D eigenvalue weighted by atomic mass is 10.2. The van der Waals surface area contributed by atoms with Gasteiger partial charge in [-0.25, -0.2) is 4.98 Å². The number of nitrogens with zero attached hydrogens (tertiary/aromatic N) is 2. The Morgan fingerprint density at radius 3 is 2.48 bits per heavy atom. The average molecular weight is 432 g/mol. The van der Waals surface area contributed by atoms with Crippen molar-refractivity contribution in [1.29, 1.82) is 0 Å². The third-order valence-electron chi connectivity index (χ3n) is 4.81. The highest BCUT2D eigenvalue weighted by atomic mass is 32.2. The second kappa shape index (κ2) is 9.06. The van der Waals surface area contributed by atoms with Crippen LogP contribution in [0.4, 0.5) is 5.69 Å². The third-order valence-corrected chi connectivity index (χ3v) is 5.75. The van der Waals surface area contributed by atoms with Crippen molar-refractivity contribution in [2.45, 2.75) is 12.1 Å². The lowest BCUT2D eigenvalue weighted by Gasteiger charge is -2.15. The molecule has 31 heavy (non-hydrogen) atoms. The molecular formula is C24H21N3O3S. The maximum Gasteiger partial charge on any atom is 0.266 e. The molecule has 1 aromatic heterocycles. The average Bonchev–Trinajstić information content (AvgIpc) is 2.79. The first-order valence-corrected chi connectivity index (χ1v) is 10.7. The van der Waals surface area contributed by atoms with Gasteiger partial charge in [0.25, 0.3) is 5.56 Å². The number of methoxy groups -OCH3 is 1. The molecule has 1 heterocycles. The van der Waals surface area contributed by atoms with Crippen molar-refractivity contribution in [2.75, 3.05) is 18.2 Å². The van der Waals surface area contributed by atoms with Gasteiger partial charge in [0.1, 0.15) is 5.75 Å². The molecule has 0 bridgehead atoms. The zero-order valence-corrected chi connectivity index (χ0v) is 18.0. The molecule has 4 aromatic rings. The first kappa shape index (κ1) is 20.7. The fourth-order valence-electron chi connectivity index (χ4n) is 3.24. The van der Waals surface area contributed by atoms with E-state index < -0.39 is 0 Å². The molecule has 1 amide bonds. The number of carbonyl (C=O) groups excluding carboxylic acids is 1. The van der Waals surface area contributed by atoms with Crippen molar-refractivity contribution in [1.82, 2.24) is 9.55 Å². The van der Waals surface area contributed by atoms with E-state index in [9.17, 15) is 9.59 Å². The maximum absolute atomic E-state index is 13.3. The molecule has 0 aliphatic carbocycles. The van der Waals surface area contributed by atoms with E-state index >= 15 is 0 Å². The first-order chi connectivity index (χ1) is 15.1. The predicted octanol–water partition coefficient (Wildman–Crippen LogP) is 4.43. The topological polar surface area (TPSA) is 73.2 Å². The Labute approximate surface area is 183 Å². The van der Waals surface area contributed by atoms with Gasteiger partial charge in [-0.3, -0.25) is 14.2 Å². The summed E-state index contributed by atoms with van der Waals surface area (Å²) in [5, 5.41) is 3.87. The van der Waals surface area contributed by atoms with Gasteiger partial charge in [-0.15, -0.1) is 0 Å². The molecule has 6 nitrogen and oxygen atoms in total. The lowest BCUT2D eigenvalue weighted by molar-refractivity contribution is -0.113. The van der Waals surface area contributed by atoms with E-state index in [4.69, 9.17) is 4.74 Å². The van der Waals surface area contributed by atoms with E-state index in [0.717, 1.165) is 17.0 Å². The first-order valence-electron chi connectivity index (χ1n) is 9.71. The Kier molecular flexibility index (Phi) is 6.04. The summed E-state index contributed by atoms with van der Waals surface area (Å²) in [7, 11) is 1.59. The van der Waals surface area contributed by atoms with Crippen molar-refractivity contribution in [3.63, 3.8) is 0 Å². The van der Waals surface area contributed by atoms with Gasteiger partial charge in [0.15, 0.2) is 5.16 Å². The van der Waals surface area contributed by atoms with Crippen LogP contribution in [-0.2, 0) is 4.79 Å². The zero-order valence-electron chi connectivity index (χ0n) is 17.2. The molecule has 1 N–H and O–H groups in total. The number of amides is 1. The molecule has 0 atom stereocenters. The van der Waals surface area contributed by atoms with E-state index in [-0.39, 0.29) is 17.2 Å². The summed E-state index contributed by atoms with van der Waals surface area (Å²) in [6, 6.07) is 22.0. The second-order valence-corrected chi connectivity index (χ2v) is 7.85. The summed E-state index contributed by atoms with van der Waals surface area (Å²) in [4.78, 5) is 30.5. The Bertz CT molecular complexity index is 1300. The maximum atomic E-state index is 13.3. The summed E-state index contributed by atoms with van der Waals surface area (Å²) in [5.74, 6) is 0.645. The number of hydrogen-bond acceptors (Lipinski definition) is 5. The van der Waals surface area contributed by atoms with Crippen molar-refractivity contribution in [3.05, 3.63) is 88.7 Å². The zero-order chi connectivity index (χ0) is 21.8. The highest BCUT2D eigenvalue weighted by Gasteiger charge is 2.16. The Hall–Kier alpha value is -3.58. The molecule has 156 valence electrons. The van der Waals surface area contributed by atoms with Crippen LogP contribution in [0, 0.1) is 6.92 Å². The van der Waals surface area contributed by atoms with Crippen LogP contribution in [0.3, 0.4) is 0 Å². The van der Waals surface area contributed by atoms with Gasteiger partial charge in [-0.2, -0.15) is 0 Å². The van der Waals surface area contributed by atoms with Gasteiger partial charge in [0.05, 0.1) is 29.5 Å². The lowest BCUT2D eigenvalue weighted by Crippen LogP contribution is -2.23. The van der Waals surface area contributed by atoms with Crippen LogP contribution < -0.4 is 15.6 Å². The van der Waals surface area contributed by atoms with Crippen LogP contribution in [0.1, 0.15) is 5.56 Å². The van der Waals surface area contributed by atoms with Crippen LogP contribution in [0.25, 0.3) is 16.6 Å². The van der Waals surface area contributed by atoms with Gasteiger partial charge in [-0.1, -0.05) is 42.1 Å². The predicted molar refractivity (Wildman–Crippen MR) is 124 cm³/mol. The number of nitrogens with one attached hydrogen (secondary N) is 1. The molecule has 0 aliphatic rings. The minimum Gasteiger partial charge on any atom is -0.497 e. The number of para-hydroxylation sites is 2. The smallest absolute Gasteiger partial charge is 0.266 e. The van der Waals surface area contributed by atoms with Crippen LogP contribution in [0.2, 0.25) is 0 Å². The highest BCUT2D eigenvalue weighted by molar-refractivity contribution is 7.99. The summed E-state index contributed by atoms with van der Waals surface area (Å²) in [6.07, 6.45) is 0. The largest absolute Gasteiger partial charge is 0.497 e. The summed E-state index contributed by atoms with van der Waals surface area (Å²) >= 11 is 1.23. The van der Waals surface area contributed by atoms with Gasteiger partial charge in [-0.05, 0) is 55.0 Å². The number of hydrogen-bond donors (Lipinski definition) is 1. The standard InChI is InChI=1S/C24H21N3O3S/c1-16-7-3-6-10-21(16)27-23(29)19-8-4-5-9-20(19)26-24(27)31-15-22(28)25-17-11-13-18(30-2)14-12-17/h3-14H,15H2,1-2H3,(H,25,28). The van der Waals surface area contributed by atoms with Gasteiger partial charge in [0, 0.05) is 5.69 Å². The molecule has 0 aliphatic heterocycles. The van der Waals surface area contributed by atoms with Crippen molar-refractivity contribution < 1.29 is 9.53 Å². The quantitative estimate of drug-likeness (QED) is 0.361. The molecule has 0 radical (unpaired) electrons. The Morgan fingerprint density at radius 2 is 1.74 bits per heavy atom. The molecule has 0 unspecified atom stereocenters. The third kappa shape index (κ3) is 4.46. The second-order valence-electron chi connectivity index (χ2n) is 6.90. The summed E-state index contributed by atoms with van der Waals surface area (Å²) in [6.45, 7) is 1.95. The van der Waals surface area contributed by atoms with Crippen LogP contribution in [0.5, 0.6) is 5.75 Å². The number of rotatable bonds is 6. The number of aryl methyl sites for hydroxylation is 1. The van der Waals surface area contributed by atoms with Crippen LogP contribution in [0.15, 0.2) is 82.7 Å². The fraction of sp³-hybridized carbons (Fsp3) is 0.125. The molecule has 7 heteroatoms. The van der Waals surface area contributed by atoms with E-state index in [1.165, 1.54) is 11.8 Å². The van der Waals surface area contributed by atoms with E-state index in [2.05, 4.69) is 10.3 Å². The van der Waals surface area contributed by atoms with E-state index in [1.54, 1.807) is 48.1 Å². The van der Waals surface area contributed by atoms with E-state index in [0.29, 0.717) is 21.7 Å². The molecular weight excluding hydrogens is 410 g/mol. The number of carbonyl (C=O) groups is 1. The number of aromatic nitrogens is 2. The van der Waals surface area contributed by atoms with Gasteiger partial charge in [0.2, 0.25) is 5.91 Å². The fourth-order valence-corrected chi connectivity index (χ4v) is 4.04. The molecule has 4 rings (SSSR count). The minimum atomic E-state index is -0.186. The van der Waals surface area contributed by atoms with Gasteiger partial charge < -0.3 is 10.1 Å². The minimum absolute atomic E-state index is 0.114. The van der Waals surface area contributed by atoms with Crippen molar-refractivity contribution >= 4 is 34.3 Å². The number of thioether (sulfide) groups is 1. The number of fused-ring (bicyclic) bond motifs is 1. The SMILES string of the molecule is COc1ccc(NC(=O)CSc2nc3ccccc3c(=O)n2-c2ccccc2C)cc1. The number of anilines is 1. The summed E-state index contributed by atoms with van der Waals surface area (Å²) < 4.78 is 6.72. The van der Waals surface area contributed by atoms with Crippen molar-refractivity contribution in [2.24, 2.45) is 0 Å². The van der Waals surface area contributed by atoms with Crippen LogP contribution >= 0.6 is 11.8 Å². The van der Waals surface area contributed by atoms with Crippen molar-refractivity contribution in [3.8, 4) is 11.4 Å². The Morgan fingerprint density at radius 1 is 1.03 bits per heavy atom. The number of benzene rings is 3. The van der Waals surface area contributed by atoms with Gasteiger partial charge >= 0.3 is 0 Å². The molecule has 0 fully saturated rings. The molecule has 0 saturated carbocycles. The highest BCUT2D eigenvalue weighted by Crippen LogP contribution is 2.23. The number of ether oxygens (including phenoxy) is 1. The van der Waals surface area contributed by atoms with E-state index in [1.807, 2.05) is 43.3 Å². The normalized spacial score (nSPS) is 10.8. The Balaban J connectivity index is 1.64.